The largest absolute Gasteiger partial charge is 0.302 e. The number of piperidine rings is 1. The number of likely N-dealkylation sites (tertiary alicyclic amines) is 1. The van der Waals surface area contributed by atoms with Crippen LogP contribution in [0.1, 0.15) is 32.3 Å². The summed E-state index contributed by atoms with van der Waals surface area (Å²) in [7, 11) is -2.96. The van der Waals surface area contributed by atoms with E-state index in [9.17, 15) is 4.57 Å². The Morgan fingerprint density at radius 3 is 1.74 bits per heavy atom. The Balaban J connectivity index is 0.00000272. The van der Waals surface area contributed by atoms with Crippen molar-refractivity contribution in [3.05, 3.63) is 96.6 Å². The van der Waals surface area contributed by atoms with Gasteiger partial charge in [-0.15, -0.1) is 0 Å². The maximum atomic E-state index is 14.5. The summed E-state index contributed by atoms with van der Waals surface area (Å²) in [5.74, 6) is 0. The van der Waals surface area contributed by atoms with Gasteiger partial charge in [-0.2, -0.15) is 0 Å². The Bertz CT molecular complexity index is 897. The van der Waals surface area contributed by atoms with Crippen molar-refractivity contribution < 1.29 is 4.57 Å². The van der Waals surface area contributed by atoms with Crippen LogP contribution >= 0.6 is 7.29 Å². The smallest absolute Gasteiger partial charge is 0.204 e. The minimum atomic E-state index is -2.96. The van der Waals surface area contributed by atoms with Crippen LogP contribution in [0, 0.1) is 0 Å². The lowest BCUT2D eigenvalue weighted by molar-refractivity contribution is 0.211. The van der Waals surface area contributed by atoms with Gasteiger partial charge in [-0.1, -0.05) is 80.6 Å². The van der Waals surface area contributed by atoms with Gasteiger partial charge in [-0.3, -0.25) is 9.65 Å². The van der Waals surface area contributed by atoms with Gasteiger partial charge in [0.15, 0.2) is 0 Å². The quantitative estimate of drug-likeness (QED) is 0.492. The molecule has 0 bridgehead atoms. The highest BCUT2D eigenvalue weighted by atomic mass is 31.2. The third kappa shape index (κ3) is 6.17. The molecule has 0 spiro atoms. The van der Waals surface area contributed by atoms with Crippen LogP contribution in [0.5, 0.6) is 0 Å². The number of nitrogens with one attached hydrogen (secondary N) is 1. The van der Waals surface area contributed by atoms with Gasteiger partial charge in [0.2, 0.25) is 7.29 Å². The predicted octanol–water partition coefficient (Wildman–Crippen LogP) is 5.24. The van der Waals surface area contributed by atoms with Crippen molar-refractivity contribution in [2.45, 2.75) is 39.2 Å². The van der Waals surface area contributed by atoms with E-state index in [0.29, 0.717) is 0 Å². The molecule has 0 aliphatic carbocycles. The maximum Gasteiger partial charge on any atom is 0.204 e. The lowest BCUT2D eigenvalue weighted by atomic mass is 10.0. The molecule has 3 aromatic carbocycles. The molecule has 3 aromatic rings. The first-order valence-electron chi connectivity index (χ1n) is 11.0. The van der Waals surface area contributed by atoms with E-state index >= 15 is 0 Å². The molecule has 0 aromatic heterocycles. The van der Waals surface area contributed by atoms with Gasteiger partial charge in [0.25, 0.3) is 0 Å². The first-order valence-corrected chi connectivity index (χ1v) is 12.7. The molecule has 1 aliphatic rings. The summed E-state index contributed by atoms with van der Waals surface area (Å²) in [5.41, 5.74) is 1.28. The topological polar surface area (TPSA) is 32.3 Å². The summed E-state index contributed by atoms with van der Waals surface area (Å²) in [5, 5.41) is 5.41. The fourth-order valence-electron chi connectivity index (χ4n) is 4.33. The molecule has 1 fully saturated rings. The van der Waals surface area contributed by atoms with E-state index in [1.54, 1.807) is 0 Å². The molecular formula is C27H35N2OP. The van der Waals surface area contributed by atoms with Crippen molar-refractivity contribution >= 4 is 17.9 Å². The second-order valence-electron chi connectivity index (χ2n) is 8.16. The van der Waals surface area contributed by atoms with E-state index in [2.05, 4.69) is 40.3 Å². The molecule has 164 valence electrons. The summed E-state index contributed by atoms with van der Waals surface area (Å²) in [6.45, 7) is 3.18. The Morgan fingerprint density at radius 2 is 1.23 bits per heavy atom. The van der Waals surface area contributed by atoms with Crippen LogP contribution in [0.4, 0.5) is 0 Å². The van der Waals surface area contributed by atoms with E-state index < -0.39 is 7.29 Å². The average molecular weight is 435 g/mol. The first kappa shape index (κ1) is 23.5. The fourth-order valence-corrected chi connectivity index (χ4v) is 6.80. The van der Waals surface area contributed by atoms with Crippen molar-refractivity contribution in [2.75, 3.05) is 19.6 Å². The molecule has 3 nitrogen and oxygen atoms in total. The van der Waals surface area contributed by atoms with E-state index in [0.717, 1.165) is 36.7 Å². The zero-order chi connectivity index (χ0) is 20.7. The van der Waals surface area contributed by atoms with Crippen molar-refractivity contribution in [2.24, 2.45) is 0 Å². The number of hydrogen-bond donors (Lipinski definition) is 1. The third-order valence-corrected chi connectivity index (χ3v) is 8.64. The van der Waals surface area contributed by atoms with Gasteiger partial charge in [0, 0.05) is 23.2 Å². The fraction of sp³-hybridized carbons (Fsp3) is 0.333. The number of nitrogens with zero attached hydrogens (tertiary/aromatic N) is 1. The van der Waals surface area contributed by atoms with E-state index in [4.69, 9.17) is 0 Å². The van der Waals surface area contributed by atoms with Crippen LogP contribution in [0.3, 0.4) is 0 Å². The number of benzene rings is 3. The van der Waals surface area contributed by atoms with Crippen molar-refractivity contribution in [1.82, 2.24) is 9.99 Å². The normalized spacial score (nSPS) is 15.7. The van der Waals surface area contributed by atoms with Gasteiger partial charge in [-0.05, 0) is 62.2 Å². The molecule has 1 N–H and O–H groups in total. The predicted molar refractivity (Wildman–Crippen MR) is 134 cm³/mol. The molecule has 1 heterocycles. The Labute approximate surface area is 187 Å². The van der Waals surface area contributed by atoms with Gasteiger partial charge >= 0.3 is 0 Å². The molecule has 0 radical (unpaired) electrons. The van der Waals surface area contributed by atoms with Gasteiger partial charge in [-0.25, -0.2) is 0 Å². The number of hydrogen-bond acceptors (Lipinski definition) is 2. The third-order valence-electron chi connectivity index (χ3n) is 5.86. The molecule has 0 unspecified atom stereocenters. The van der Waals surface area contributed by atoms with Gasteiger partial charge in [0.1, 0.15) is 0 Å². The Hall–Kier alpha value is -2.19. The highest BCUT2D eigenvalue weighted by Crippen LogP contribution is 2.39. The van der Waals surface area contributed by atoms with Crippen LogP contribution in [0.15, 0.2) is 91.0 Å². The molecule has 31 heavy (non-hydrogen) atoms. The zero-order valence-corrected chi connectivity index (χ0v) is 18.4. The molecule has 1 aliphatic heterocycles. The Kier molecular flexibility index (Phi) is 8.66. The molecule has 4 heteroatoms. The standard InChI is InChI=1S/C26H31N2OP.CH4/c29-30(25-15-7-2-8-16-25,26-17-9-3-10-18-26)27-24(21-23-13-5-1-6-14-23)22-28-19-11-4-12-20-28;/h1-3,5-10,13-18,24H,4,11-12,19-22H2,(H,27,29);1H4/t24-;/m0./s1. The summed E-state index contributed by atoms with van der Waals surface area (Å²) < 4.78 is 14.5. The zero-order valence-electron chi connectivity index (χ0n) is 17.5. The van der Waals surface area contributed by atoms with Crippen molar-refractivity contribution in [1.29, 1.82) is 0 Å². The summed E-state index contributed by atoms with van der Waals surface area (Å²) >= 11 is 0. The van der Waals surface area contributed by atoms with Crippen LogP contribution in [0.2, 0.25) is 0 Å². The molecule has 1 atom stereocenters. The monoisotopic (exact) mass is 434 g/mol. The van der Waals surface area contributed by atoms with Crippen molar-refractivity contribution in [3.63, 3.8) is 0 Å². The minimum absolute atomic E-state index is 0. The maximum absolute atomic E-state index is 14.5. The first-order chi connectivity index (χ1) is 14.7. The van der Waals surface area contributed by atoms with Gasteiger partial charge in [0.05, 0.1) is 0 Å². The second kappa shape index (κ2) is 11.4. The highest BCUT2D eigenvalue weighted by molar-refractivity contribution is 7.76. The summed E-state index contributed by atoms with van der Waals surface area (Å²) in [4.78, 5) is 2.53. The second-order valence-corrected chi connectivity index (χ2v) is 10.7. The average Bonchev–Trinajstić information content (AvgIpc) is 2.81. The lowest BCUT2D eigenvalue weighted by Gasteiger charge is -2.33. The van der Waals surface area contributed by atoms with Crippen LogP contribution in [-0.4, -0.2) is 30.6 Å². The molecule has 1 saturated heterocycles. The van der Waals surface area contributed by atoms with Crippen molar-refractivity contribution in [3.8, 4) is 0 Å². The van der Waals surface area contributed by atoms with E-state index in [1.165, 1.54) is 24.8 Å². The molecule has 4 rings (SSSR count). The van der Waals surface area contributed by atoms with Crippen LogP contribution < -0.4 is 15.7 Å². The highest BCUT2D eigenvalue weighted by Gasteiger charge is 2.31. The molecule has 0 amide bonds. The van der Waals surface area contributed by atoms with Gasteiger partial charge < -0.3 is 4.90 Å². The van der Waals surface area contributed by atoms with E-state index in [1.807, 2.05) is 60.7 Å². The minimum Gasteiger partial charge on any atom is -0.302 e. The van der Waals surface area contributed by atoms with Crippen LogP contribution in [0.25, 0.3) is 0 Å². The summed E-state index contributed by atoms with van der Waals surface area (Å²) in [6, 6.07) is 30.5. The van der Waals surface area contributed by atoms with E-state index in [-0.39, 0.29) is 13.5 Å². The number of rotatable bonds is 8. The molecule has 0 saturated carbocycles. The molecular weight excluding hydrogens is 399 g/mol. The van der Waals surface area contributed by atoms with Crippen LogP contribution in [-0.2, 0) is 11.0 Å². The lowest BCUT2D eigenvalue weighted by Crippen LogP contribution is -2.45. The summed E-state index contributed by atoms with van der Waals surface area (Å²) in [6.07, 6.45) is 4.70. The Morgan fingerprint density at radius 1 is 0.742 bits per heavy atom. The SMILES string of the molecule is C.O=P(N[C@@H](Cc1ccccc1)CN1CCCCC1)(c1ccccc1)c1ccccc1.